The number of nitrogens with zero attached hydrogens (tertiary/aromatic N) is 4. The molecule has 0 radical (unpaired) electrons. The Bertz CT molecular complexity index is 1030. The molecule has 0 amide bonds. The molecule has 0 atom stereocenters. The van der Waals surface area contributed by atoms with E-state index in [2.05, 4.69) is 20.4 Å². The summed E-state index contributed by atoms with van der Waals surface area (Å²) in [5, 5.41) is 7.87. The number of benzene rings is 2. The molecule has 0 aliphatic rings. The first-order valence-corrected chi connectivity index (χ1v) is 7.97. The molecule has 1 N–H and O–H groups in total. The lowest BCUT2D eigenvalue weighted by Gasteiger charge is -2.08. The Morgan fingerprint density at radius 1 is 1.00 bits per heavy atom. The maximum absolute atomic E-state index is 13.4. The molecule has 4 aromatic rings. The summed E-state index contributed by atoms with van der Waals surface area (Å²) in [6.07, 6.45) is 0.449. The molecule has 124 valence electrons. The van der Waals surface area contributed by atoms with Crippen LogP contribution in [0, 0.1) is 12.7 Å². The standard InChI is InChI=1S/C19H16FN5/c1-13-10-18(22-16-8-3-2-4-9-16)25-19(21-13)23-17(24-25)12-14-6-5-7-15(20)11-14/h2-11,22H,12H2,1H3. The zero-order valence-corrected chi connectivity index (χ0v) is 13.6. The van der Waals surface area contributed by atoms with E-state index in [0.717, 1.165) is 22.8 Å². The summed E-state index contributed by atoms with van der Waals surface area (Å²) in [7, 11) is 0. The van der Waals surface area contributed by atoms with Crippen LogP contribution in [0.4, 0.5) is 15.9 Å². The van der Waals surface area contributed by atoms with Crippen LogP contribution < -0.4 is 5.32 Å². The van der Waals surface area contributed by atoms with Gasteiger partial charge in [0, 0.05) is 23.9 Å². The van der Waals surface area contributed by atoms with Crippen molar-refractivity contribution in [2.75, 3.05) is 5.32 Å². The Labute approximate surface area is 144 Å². The van der Waals surface area contributed by atoms with Crippen molar-refractivity contribution in [2.45, 2.75) is 13.3 Å². The highest BCUT2D eigenvalue weighted by atomic mass is 19.1. The largest absolute Gasteiger partial charge is 0.340 e. The lowest BCUT2D eigenvalue weighted by atomic mass is 10.1. The van der Waals surface area contributed by atoms with Crippen molar-refractivity contribution in [3.63, 3.8) is 0 Å². The number of aryl methyl sites for hydroxylation is 1. The van der Waals surface area contributed by atoms with Crippen molar-refractivity contribution in [2.24, 2.45) is 0 Å². The Balaban J connectivity index is 1.71. The zero-order valence-electron chi connectivity index (χ0n) is 13.6. The van der Waals surface area contributed by atoms with Crippen LogP contribution >= 0.6 is 0 Å². The number of aromatic nitrogens is 4. The second-order valence-corrected chi connectivity index (χ2v) is 5.82. The van der Waals surface area contributed by atoms with Gasteiger partial charge in [0.1, 0.15) is 11.6 Å². The van der Waals surface area contributed by atoms with Crippen LogP contribution in [0.5, 0.6) is 0 Å². The second-order valence-electron chi connectivity index (χ2n) is 5.82. The van der Waals surface area contributed by atoms with Crippen LogP contribution in [0.15, 0.2) is 60.7 Å². The van der Waals surface area contributed by atoms with Crippen molar-refractivity contribution >= 4 is 17.3 Å². The number of hydrogen-bond donors (Lipinski definition) is 1. The number of fused-ring (bicyclic) bond motifs is 1. The maximum atomic E-state index is 13.4. The molecule has 0 fully saturated rings. The predicted octanol–water partition coefficient (Wildman–Crippen LogP) is 3.91. The third-order valence-electron chi connectivity index (χ3n) is 3.78. The molecule has 6 heteroatoms. The fourth-order valence-corrected chi connectivity index (χ4v) is 2.69. The molecule has 0 aliphatic heterocycles. The van der Waals surface area contributed by atoms with Gasteiger partial charge in [0.25, 0.3) is 5.78 Å². The number of halogens is 1. The quantitative estimate of drug-likeness (QED) is 0.615. The summed E-state index contributed by atoms with van der Waals surface area (Å²) in [6, 6.07) is 18.2. The van der Waals surface area contributed by atoms with Crippen LogP contribution in [-0.2, 0) is 6.42 Å². The van der Waals surface area contributed by atoms with Crippen molar-refractivity contribution in [1.29, 1.82) is 0 Å². The lowest BCUT2D eigenvalue weighted by Crippen LogP contribution is -2.02. The first-order valence-electron chi connectivity index (χ1n) is 7.97. The van der Waals surface area contributed by atoms with E-state index in [-0.39, 0.29) is 5.82 Å². The van der Waals surface area contributed by atoms with E-state index in [1.54, 1.807) is 10.6 Å². The normalized spacial score (nSPS) is 11.0. The van der Waals surface area contributed by atoms with Crippen LogP contribution in [-0.4, -0.2) is 19.6 Å². The van der Waals surface area contributed by atoms with Gasteiger partial charge in [-0.15, -0.1) is 5.10 Å². The van der Waals surface area contributed by atoms with E-state index in [4.69, 9.17) is 0 Å². The van der Waals surface area contributed by atoms with E-state index in [9.17, 15) is 4.39 Å². The predicted molar refractivity (Wildman–Crippen MR) is 94.4 cm³/mol. The minimum absolute atomic E-state index is 0.262. The van der Waals surface area contributed by atoms with Gasteiger partial charge in [-0.3, -0.25) is 0 Å². The highest BCUT2D eigenvalue weighted by Gasteiger charge is 2.11. The highest BCUT2D eigenvalue weighted by molar-refractivity contribution is 5.58. The Hall–Kier alpha value is -3.28. The Morgan fingerprint density at radius 3 is 2.64 bits per heavy atom. The number of rotatable bonds is 4. The monoisotopic (exact) mass is 333 g/mol. The Morgan fingerprint density at radius 2 is 1.84 bits per heavy atom. The van der Waals surface area contributed by atoms with Crippen molar-refractivity contribution in [3.8, 4) is 0 Å². The van der Waals surface area contributed by atoms with Gasteiger partial charge < -0.3 is 5.32 Å². The summed E-state index contributed by atoms with van der Waals surface area (Å²) >= 11 is 0. The van der Waals surface area contributed by atoms with Gasteiger partial charge in [-0.25, -0.2) is 9.37 Å². The molecule has 25 heavy (non-hydrogen) atoms. The zero-order chi connectivity index (χ0) is 17.2. The molecule has 2 aromatic heterocycles. The van der Waals surface area contributed by atoms with Gasteiger partial charge >= 0.3 is 0 Å². The van der Waals surface area contributed by atoms with E-state index in [0.29, 0.717) is 18.0 Å². The highest BCUT2D eigenvalue weighted by Crippen LogP contribution is 2.18. The fraction of sp³-hybridized carbons (Fsp3) is 0.105. The number of para-hydroxylation sites is 1. The van der Waals surface area contributed by atoms with Crippen LogP contribution in [0.1, 0.15) is 17.1 Å². The van der Waals surface area contributed by atoms with E-state index in [1.165, 1.54) is 12.1 Å². The molecular formula is C19H16FN5. The smallest absolute Gasteiger partial charge is 0.254 e. The molecule has 0 saturated carbocycles. The van der Waals surface area contributed by atoms with Gasteiger partial charge in [0.2, 0.25) is 0 Å². The number of hydrogen-bond acceptors (Lipinski definition) is 4. The van der Waals surface area contributed by atoms with Gasteiger partial charge in [-0.05, 0) is 36.8 Å². The molecule has 2 aromatic carbocycles. The molecule has 0 bridgehead atoms. The van der Waals surface area contributed by atoms with Crippen LogP contribution in [0.2, 0.25) is 0 Å². The fourth-order valence-electron chi connectivity index (χ4n) is 2.69. The molecule has 5 nitrogen and oxygen atoms in total. The third kappa shape index (κ3) is 3.33. The first-order chi connectivity index (χ1) is 12.2. The molecule has 0 saturated heterocycles. The molecule has 0 unspecified atom stereocenters. The maximum Gasteiger partial charge on any atom is 0.254 e. The summed E-state index contributed by atoms with van der Waals surface area (Å²) < 4.78 is 15.0. The van der Waals surface area contributed by atoms with Crippen molar-refractivity contribution < 1.29 is 4.39 Å². The number of anilines is 2. The Kier molecular flexibility index (Phi) is 3.85. The molecule has 4 rings (SSSR count). The van der Waals surface area contributed by atoms with E-state index < -0.39 is 0 Å². The second kappa shape index (κ2) is 6.32. The van der Waals surface area contributed by atoms with Crippen molar-refractivity contribution in [1.82, 2.24) is 19.6 Å². The molecule has 0 aliphatic carbocycles. The molecule has 2 heterocycles. The first kappa shape index (κ1) is 15.3. The topological polar surface area (TPSA) is 55.1 Å². The van der Waals surface area contributed by atoms with Gasteiger partial charge in [0.15, 0.2) is 5.82 Å². The summed E-state index contributed by atoms with van der Waals surface area (Å²) in [4.78, 5) is 8.91. The lowest BCUT2D eigenvalue weighted by molar-refractivity contribution is 0.625. The molecular weight excluding hydrogens is 317 g/mol. The summed E-state index contributed by atoms with van der Waals surface area (Å²) in [5.41, 5.74) is 2.62. The van der Waals surface area contributed by atoms with Crippen LogP contribution in [0.25, 0.3) is 5.78 Å². The van der Waals surface area contributed by atoms with E-state index in [1.807, 2.05) is 49.4 Å². The minimum Gasteiger partial charge on any atom is -0.340 e. The minimum atomic E-state index is -0.262. The third-order valence-corrected chi connectivity index (χ3v) is 3.78. The average molecular weight is 333 g/mol. The SMILES string of the molecule is Cc1cc(Nc2ccccc2)n2nc(Cc3cccc(F)c3)nc2n1. The summed E-state index contributed by atoms with van der Waals surface area (Å²) in [6.45, 7) is 1.91. The average Bonchev–Trinajstić information content (AvgIpc) is 2.98. The number of nitrogens with one attached hydrogen (secondary N) is 1. The molecule has 0 spiro atoms. The van der Waals surface area contributed by atoms with Gasteiger partial charge in [-0.1, -0.05) is 30.3 Å². The van der Waals surface area contributed by atoms with Gasteiger partial charge in [0.05, 0.1) is 0 Å². The van der Waals surface area contributed by atoms with Crippen molar-refractivity contribution in [3.05, 3.63) is 83.6 Å². The van der Waals surface area contributed by atoms with E-state index >= 15 is 0 Å². The van der Waals surface area contributed by atoms with Crippen LogP contribution in [0.3, 0.4) is 0 Å². The summed E-state index contributed by atoms with van der Waals surface area (Å²) in [5.74, 6) is 1.64. The van der Waals surface area contributed by atoms with Gasteiger partial charge in [-0.2, -0.15) is 9.50 Å².